The topological polar surface area (TPSA) is 80.9 Å². The van der Waals surface area contributed by atoms with Gasteiger partial charge in [0.25, 0.3) is 0 Å². The molecule has 1 aromatic rings. The van der Waals surface area contributed by atoms with Crippen molar-refractivity contribution >= 4 is 35.1 Å². The molecule has 0 unspecified atom stereocenters. The Kier molecular flexibility index (Phi) is 2.69. The smallest absolute Gasteiger partial charge is 0.423 e. The van der Waals surface area contributed by atoms with Gasteiger partial charge in [-0.15, -0.1) is 0 Å². The van der Waals surface area contributed by atoms with E-state index in [1.807, 2.05) is 0 Å². The van der Waals surface area contributed by atoms with Gasteiger partial charge in [0.05, 0.1) is 0 Å². The molecule has 4 N–H and O–H groups in total. The van der Waals surface area contributed by atoms with Crippen molar-refractivity contribution < 1.29 is 20.1 Å². The summed E-state index contributed by atoms with van der Waals surface area (Å²) in [7, 11) is -3.07. The van der Waals surface area contributed by atoms with Gasteiger partial charge in [-0.3, -0.25) is 0 Å². The predicted molar refractivity (Wildman–Crippen MR) is 44.0 cm³/mol. The molecule has 1 rings (SSSR count). The van der Waals surface area contributed by atoms with E-state index < -0.39 is 14.2 Å². The summed E-state index contributed by atoms with van der Waals surface area (Å²) in [6.45, 7) is 0. The summed E-state index contributed by atoms with van der Waals surface area (Å²) < 4.78 is 0.598. The molecule has 0 amide bonds. The second-order valence-corrected chi connectivity index (χ2v) is 3.13. The lowest BCUT2D eigenvalue weighted by Crippen LogP contribution is -2.29. The Bertz CT molecular complexity index is 213. The van der Waals surface area contributed by atoms with Gasteiger partial charge in [-0.2, -0.15) is 11.3 Å². The molecule has 0 fully saturated rings. The Hall–Kier alpha value is -0.330. The van der Waals surface area contributed by atoms with Crippen LogP contribution in [0.5, 0.6) is 0 Å². The van der Waals surface area contributed by atoms with Crippen LogP contribution < -0.4 is 9.55 Å². The molecule has 0 spiro atoms. The molecule has 0 aliphatic rings. The maximum Gasteiger partial charge on any atom is 0.499 e. The van der Waals surface area contributed by atoms with E-state index >= 15 is 0 Å². The van der Waals surface area contributed by atoms with Crippen molar-refractivity contribution in [3.8, 4) is 0 Å². The van der Waals surface area contributed by atoms with Crippen LogP contribution in [0.15, 0.2) is 12.1 Å². The van der Waals surface area contributed by atoms with Crippen molar-refractivity contribution in [3.05, 3.63) is 12.1 Å². The van der Waals surface area contributed by atoms with Crippen LogP contribution in [0.3, 0.4) is 0 Å². The summed E-state index contributed by atoms with van der Waals surface area (Å²) in [6.07, 6.45) is 0. The average molecular weight is 172 g/mol. The summed E-state index contributed by atoms with van der Waals surface area (Å²) >= 11 is 0.949. The first-order valence-corrected chi connectivity index (χ1v) is 3.75. The first-order valence-electron chi connectivity index (χ1n) is 2.93. The molecule has 0 saturated heterocycles. The van der Waals surface area contributed by atoms with Gasteiger partial charge in [-0.25, -0.2) is 0 Å². The molecule has 0 radical (unpaired) electrons. The van der Waals surface area contributed by atoms with Gasteiger partial charge in [0.2, 0.25) is 0 Å². The number of thiophene rings is 1. The molecule has 7 heteroatoms. The van der Waals surface area contributed by atoms with Gasteiger partial charge in [0.1, 0.15) is 0 Å². The minimum atomic E-state index is -1.53. The molecule has 11 heavy (non-hydrogen) atoms. The maximum absolute atomic E-state index is 8.62. The normalized spacial score (nSPS) is 9.82. The van der Waals surface area contributed by atoms with Crippen LogP contribution >= 0.6 is 11.3 Å². The van der Waals surface area contributed by atoms with E-state index in [4.69, 9.17) is 20.1 Å². The number of hydrogen-bond acceptors (Lipinski definition) is 5. The minimum absolute atomic E-state index is 0.299. The highest BCUT2D eigenvalue weighted by Crippen LogP contribution is 1.92. The SMILES string of the molecule is OB(O)c1ccc(B(O)O)s1. The molecule has 58 valence electrons. The van der Waals surface area contributed by atoms with Crippen molar-refractivity contribution in [2.45, 2.75) is 0 Å². The minimum Gasteiger partial charge on any atom is -0.423 e. The van der Waals surface area contributed by atoms with Crippen molar-refractivity contribution in [1.29, 1.82) is 0 Å². The number of hydrogen-bond donors (Lipinski definition) is 4. The first kappa shape index (κ1) is 8.76. The number of rotatable bonds is 2. The molecule has 0 saturated carbocycles. The van der Waals surface area contributed by atoms with Crippen LogP contribution in [0.25, 0.3) is 0 Å². The third kappa shape index (κ3) is 2.05. The van der Waals surface area contributed by atoms with E-state index in [1.165, 1.54) is 12.1 Å². The van der Waals surface area contributed by atoms with Crippen molar-refractivity contribution in [3.63, 3.8) is 0 Å². The molecular formula is C4H6B2O4S. The molecule has 0 aromatic carbocycles. The molecule has 1 aromatic heterocycles. The summed E-state index contributed by atoms with van der Waals surface area (Å²) in [4.78, 5) is 0. The molecule has 4 nitrogen and oxygen atoms in total. The predicted octanol–water partition coefficient (Wildman–Crippen LogP) is -2.89. The summed E-state index contributed by atoms with van der Waals surface area (Å²) in [5, 5.41) is 34.5. The lowest BCUT2D eigenvalue weighted by Gasteiger charge is -1.91. The standard InChI is InChI=1S/C4H6B2O4S/c7-5(8)3-1-2-4(11-3)6(9)10/h1-2,7-10H. The van der Waals surface area contributed by atoms with Gasteiger partial charge in [0, 0.05) is 9.55 Å². The molecule has 0 atom stereocenters. The van der Waals surface area contributed by atoms with Crippen molar-refractivity contribution in [1.82, 2.24) is 0 Å². The monoisotopic (exact) mass is 172 g/mol. The highest BCUT2D eigenvalue weighted by atomic mass is 32.1. The van der Waals surface area contributed by atoms with E-state index in [1.54, 1.807) is 0 Å². The molecular weight excluding hydrogens is 166 g/mol. The zero-order valence-electron chi connectivity index (χ0n) is 5.51. The Labute approximate surface area is 68.0 Å². The molecule has 0 bridgehead atoms. The third-order valence-corrected chi connectivity index (χ3v) is 2.32. The maximum atomic E-state index is 8.62. The fourth-order valence-corrected chi connectivity index (χ4v) is 1.40. The lowest BCUT2D eigenvalue weighted by atomic mass is 9.87. The summed E-state index contributed by atoms with van der Waals surface area (Å²) in [5.74, 6) is 0. The zero-order valence-corrected chi connectivity index (χ0v) is 6.32. The van der Waals surface area contributed by atoms with Gasteiger partial charge in [0.15, 0.2) is 0 Å². The molecule has 1 heterocycles. The van der Waals surface area contributed by atoms with Crippen LogP contribution in [0, 0.1) is 0 Å². The average Bonchev–Trinajstić information content (AvgIpc) is 2.33. The van der Waals surface area contributed by atoms with Gasteiger partial charge >= 0.3 is 14.2 Å². The van der Waals surface area contributed by atoms with E-state index in [-0.39, 0.29) is 0 Å². The summed E-state index contributed by atoms with van der Waals surface area (Å²) in [6, 6.07) is 2.87. The Morgan fingerprint density at radius 1 is 0.909 bits per heavy atom. The van der Waals surface area contributed by atoms with Gasteiger partial charge in [-0.05, 0) is 0 Å². The summed E-state index contributed by atoms with van der Waals surface area (Å²) in [5.41, 5.74) is 0. The van der Waals surface area contributed by atoms with Crippen molar-refractivity contribution in [2.75, 3.05) is 0 Å². The second-order valence-electron chi connectivity index (χ2n) is 1.99. The van der Waals surface area contributed by atoms with Crippen LogP contribution in [-0.4, -0.2) is 34.3 Å². The Morgan fingerprint density at radius 2 is 1.27 bits per heavy atom. The van der Waals surface area contributed by atoms with Gasteiger partial charge in [-0.1, -0.05) is 12.1 Å². The van der Waals surface area contributed by atoms with E-state index in [9.17, 15) is 0 Å². The third-order valence-electron chi connectivity index (χ3n) is 1.16. The Balaban J connectivity index is 2.82. The van der Waals surface area contributed by atoms with E-state index in [0.717, 1.165) is 11.3 Å². The fourth-order valence-electron chi connectivity index (χ4n) is 0.646. The second kappa shape index (κ2) is 3.38. The lowest BCUT2D eigenvalue weighted by molar-refractivity contribution is 0.426. The van der Waals surface area contributed by atoms with Crippen LogP contribution in [0.4, 0.5) is 0 Å². The molecule has 0 aliphatic carbocycles. The van der Waals surface area contributed by atoms with Crippen molar-refractivity contribution in [2.24, 2.45) is 0 Å². The van der Waals surface area contributed by atoms with E-state index in [2.05, 4.69) is 0 Å². The highest BCUT2D eigenvalue weighted by molar-refractivity contribution is 7.29. The zero-order chi connectivity index (χ0) is 8.43. The van der Waals surface area contributed by atoms with Gasteiger partial charge < -0.3 is 20.1 Å². The van der Waals surface area contributed by atoms with Crippen LogP contribution in [0.1, 0.15) is 0 Å². The highest BCUT2D eigenvalue weighted by Gasteiger charge is 2.18. The van der Waals surface area contributed by atoms with Crippen LogP contribution in [-0.2, 0) is 0 Å². The van der Waals surface area contributed by atoms with Crippen LogP contribution in [0.2, 0.25) is 0 Å². The molecule has 0 aliphatic heterocycles. The largest absolute Gasteiger partial charge is 0.499 e. The Morgan fingerprint density at radius 3 is 1.45 bits per heavy atom. The first-order chi connectivity index (χ1) is 5.11. The fraction of sp³-hybridized carbons (Fsp3) is 0. The van der Waals surface area contributed by atoms with E-state index in [0.29, 0.717) is 9.55 Å². The quantitative estimate of drug-likeness (QED) is 0.361.